The molecule has 172 valence electrons. The van der Waals surface area contributed by atoms with Crippen LogP contribution in [0.15, 0.2) is 71.4 Å². The number of aromatic nitrogens is 2. The van der Waals surface area contributed by atoms with Gasteiger partial charge < -0.3 is 19.5 Å². The summed E-state index contributed by atoms with van der Waals surface area (Å²) in [7, 11) is 1.97. The number of hydrogen-bond donors (Lipinski definition) is 1. The van der Waals surface area contributed by atoms with Crippen molar-refractivity contribution in [2.45, 2.75) is 19.5 Å². The molecule has 0 fully saturated rings. The van der Waals surface area contributed by atoms with Gasteiger partial charge in [0.05, 0.1) is 29.3 Å². The molecule has 1 amide bonds. The van der Waals surface area contributed by atoms with Gasteiger partial charge in [0.25, 0.3) is 5.91 Å². The smallest absolute Gasteiger partial charge is 0.270 e. The zero-order valence-electron chi connectivity index (χ0n) is 19.1. The Hall–Kier alpha value is -3.51. The molecule has 0 radical (unpaired) electrons. The summed E-state index contributed by atoms with van der Waals surface area (Å²) in [6.45, 7) is 3.46. The van der Waals surface area contributed by atoms with Crippen LogP contribution in [0.1, 0.15) is 11.4 Å². The second-order valence-corrected chi connectivity index (χ2v) is 9.53. The molecule has 0 saturated heterocycles. The van der Waals surface area contributed by atoms with Crippen LogP contribution in [0.5, 0.6) is 5.75 Å². The minimum absolute atomic E-state index is 0.0195. The molecule has 2 unspecified atom stereocenters. The van der Waals surface area contributed by atoms with Gasteiger partial charge >= 0.3 is 0 Å². The van der Waals surface area contributed by atoms with Gasteiger partial charge in [-0.2, -0.15) is 0 Å². The van der Waals surface area contributed by atoms with Crippen LogP contribution in [0.4, 0.5) is 0 Å². The fraction of sp³-hybridized carbons (Fsp3) is 0.259. The Morgan fingerprint density at radius 2 is 2.00 bits per heavy atom. The van der Waals surface area contributed by atoms with Gasteiger partial charge in [0, 0.05) is 30.1 Å². The second-order valence-electron chi connectivity index (χ2n) is 9.09. The molecule has 2 aromatic carbocycles. The van der Waals surface area contributed by atoms with E-state index < -0.39 is 0 Å². The lowest BCUT2D eigenvalue weighted by atomic mass is 9.97. The van der Waals surface area contributed by atoms with E-state index in [4.69, 9.17) is 16.3 Å². The van der Waals surface area contributed by atoms with Crippen molar-refractivity contribution in [2.75, 3.05) is 20.2 Å². The highest BCUT2D eigenvalue weighted by molar-refractivity contribution is 6.31. The number of hydrogen-bond acceptors (Lipinski definition) is 4. The van der Waals surface area contributed by atoms with Crippen LogP contribution in [0.25, 0.3) is 22.2 Å². The molecular formula is C27H25ClN4O2. The van der Waals surface area contributed by atoms with Crippen LogP contribution in [0, 0.1) is 12.8 Å². The number of halogens is 1. The number of nitrogens with zero attached hydrogens (tertiary/aromatic N) is 3. The van der Waals surface area contributed by atoms with Gasteiger partial charge in [-0.3, -0.25) is 4.79 Å². The van der Waals surface area contributed by atoms with Crippen molar-refractivity contribution >= 4 is 28.5 Å². The highest BCUT2D eigenvalue weighted by Crippen LogP contribution is 2.35. The summed E-state index contributed by atoms with van der Waals surface area (Å²) in [6, 6.07) is 12.6. The van der Waals surface area contributed by atoms with E-state index in [-0.39, 0.29) is 17.9 Å². The maximum atomic E-state index is 13.6. The molecule has 1 aliphatic carbocycles. The average Bonchev–Trinajstić information content (AvgIpc) is 3.27. The van der Waals surface area contributed by atoms with Gasteiger partial charge in [0.2, 0.25) is 0 Å². The summed E-state index contributed by atoms with van der Waals surface area (Å²) in [5.74, 6) is 1.86. The Labute approximate surface area is 203 Å². The zero-order valence-corrected chi connectivity index (χ0v) is 19.8. The lowest BCUT2D eigenvalue weighted by Crippen LogP contribution is -2.39. The van der Waals surface area contributed by atoms with Gasteiger partial charge in [-0.25, -0.2) is 4.98 Å². The van der Waals surface area contributed by atoms with E-state index in [1.807, 2.05) is 54.1 Å². The highest BCUT2D eigenvalue weighted by Gasteiger charge is 2.36. The van der Waals surface area contributed by atoms with Crippen molar-refractivity contribution in [1.29, 1.82) is 0 Å². The Balaban J connectivity index is 1.28. The molecule has 2 atom stereocenters. The van der Waals surface area contributed by atoms with Crippen molar-refractivity contribution < 1.29 is 9.53 Å². The number of benzene rings is 2. The monoisotopic (exact) mass is 472 g/mol. The number of rotatable bonds is 2. The first-order chi connectivity index (χ1) is 16.5. The average molecular weight is 473 g/mol. The van der Waals surface area contributed by atoms with E-state index in [0.29, 0.717) is 30.4 Å². The van der Waals surface area contributed by atoms with Crippen LogP contribution in [-0.4, -0.2) is 51.9 Å². The van der Waals surface area contributed by atoms with Gasteiger partial charge in [-0.05, 0) is 54.5 Å². The molecule has 7 heteroatoms. The number of carbonyl (C=O) groups is 1. The molecule has 1 N–H and O–H groups in total. The van der Waals surface area contributed by atoms with Crippen LogP contribution < -0.4 is 4.74 Å². The van der Waals surface area contributed by atoms with Gasteiger partial charge in [0.15, 0.2) is 0 Å². The third kappa shape index (κ3) is 3.59. The molecular weight excluding hydrogens is 448 g/mol. The molecule has 1 aromatic heterocycles. The molecule has 0 saturated carbocycles. The van der Waals surface area contributed by atoms with Crippen LogP contribution in [-0.2, 0) is 11.3 Å². The van der Waals surface area contributed by atoms with Gasteiger partial charge in [0.1, 0.15) is 18.2 Å². The number of amides is 1. The lowest BCUT2D eigenvalue weighted by molar-refractivity contribution is -0.129. The Morgan fingerprint density at radius 1 is 1.18 bits per heavy atom. The van der Waals surface area contributed by atoms with Crippen LogP contribution in [0.2, 0.25) is 0 Å². The molecule has 0 bridgehead atoms. The highest BCUT2D eigenvalue weighted by atomic mass is 35.5. The van der Waals surface area contributed by atoms with Crippen molar-refractivity contribution in [3.05, 3.63) is 82.8 Å². The standard InChI is InChI=1S/C27H25ClN4O2/c1-16-29-22-6-3-18(13-23(22)30-16)17-4-8-26-20(11-17)15-32(9-10-34-26)27(33)25-14-19-12-21(28)5-7-24(19)31(25)2/h3-8,11-14,19,24H,9-10,15H2,1-2H3,(H,29,30). The second kappa shape index (κ2) is 8.06. The molecule has 6 nitrogen and oxygen atoms in total. The number of likely N-dealkylation sites (N-methyl/N-ethyl adjacent to an activating group) is 1. The van der Waals surface area contributed by atoms with E-state index in [0.717, 1.165) is 39.3 Å². The summed E-state index contributed by atoms with van der Waals surface area (Å²) in [4.78, 5) is 25.3. The third-order valence-electron chi connectivity index (χ3n) is 6.86. The number of aromatic amines is 1. The zero-order chi connectivity index (χ0) is 23.4. The number of nitrogens with one attached hydrogen (secondary N) is 1. The number of fused-ring (bicyclic) bond motifs is 3. The van der Waals surface area contributed by atoms with Crippen molar-refractivity contribution in [2.24, 2.45) is 5.92 Å². The first-order valence-electron chi connectivity index (χ1n) is 11.5. The fourth-order valence-corrected chi connectivity index (χ4v) is 5.32. The number of aryl methyl sites for hydroxylation is 1. The first-order valence-corrected chi connectivity index (χ1v) is 11.9. The van der Waals surface area contributed by atoms with E-state index in [1.165, 1.54) is 0 Å². The van der Waals surface area contributed by atoms with Crippen molar-refractivity contribution in [3.63, 3.8) is 0 Å². The van der Waals surface area contributed by atoms with Crippen molar-refractivity contribution in [1.82, 2.24) is 19.8 Å². The van der Waals surface area contributed by atoms with Gasteiger partial charge in [-0.1, -0.05) is 35.9 Å². The number of imidazole rings is 1. The summed E-state index contributed by atoms with van der Waals surface area (Å²) < 4.78 is 6.01. The molecule has 34 heavy (non-hydrogen) atoms. The molecule has 3 heterocycles. The molecule has 3 aromatic rings. The SMILES string of the molecule is Cc1nc2ccc(-c3ccc4c(c3)CN(C(=O)C3=CC5C=C(Cl)C=CC5N3C)CCO4)cc2[nH]1. The number of ether oxygens (including phenoxy) is 1. The topological polar surface area (TPSA) is 61.5 Å². The summed E-state index contributed by atoms with van der Waals surface area (Å²) in [6.07, 6.45) is 8.01. The third-order valence-corrected chi connectivity index (χ3v) is 7.11. The molecule has 2 aliphatic heterocycles. The molecule has 0 spiro atoms. The fourth-order valence-electron chi connectivity index (χ4n) is 5.10. The minimum atomic E-state index is 0.0195. The van der Waals surface area contributed by atoms with Crippen LogP contribution in [0.3, 0.4) is 0 Å². The van der Waals surface area contributed by atoms with E-state index in [9.17, 15) is 4.79 Å². The quantitative estimate of drug-likeness (QED) is 0.583. The van der Waals surface area contributed by atoms with E-state index >= 15 is 0 Å². The molecule has 6 rings (SSSR count). The summed E-state index contributed by atoms with van der Waals surface area (Å²) in [5, 5.41) is 0.715. The molecule has 3 aliphatic rings. The Kier molecular flexibility index (Phi) is 4.99. The maximum Gasteiger partial charge on any atom is 0.270 e. The Morgan fingerprint density at radius 3 is 2.88 bits per heavy atom. The van der Waals surface area contributed by atoms with Crippen molar-refractivity contribution in [3.8, 4) is 16.9 Å². The lowest BCUT2D eigenvalue weighted by Gasteiger charge is -2.29. The Bertz CT molecular complexity index is 1400. The van der Waals surface area contributed by atoms with Gasteiger partial charge in [-0.15, -0.1) is 0 Å². The number of allylic oxidation sites excluding steroid dienone is 2. The normalized spacial score (nSPS) is 21.5. The van der Waals surface area contributed by atoms with E-state index in [2.05, 4.69) is 40.3 Å². The summed E-state index contributed by atoms with van der Waals surface area (Å²) in [5.41, 5.74) is 5.86. The number of carbonyl (C=O) groups excluding carboxylic acids is 1. The predicted molar refractivity (Wildman–Crippen MR) is 133 cm³/mol. The largest absolute Gasteiger partial charge is 0.491 e. The number of H-pyrrole nitrogens is 1. The predicted octanol–water partition coefficient (Wildman–Crippen LogP) is 4.77. The first kappa shape index (κ1) is 21.1. The summed E-state index contributed by atoms with van der Waals surface area (Å²) >= 11 is 6.19. The van der Waals surface area contributed by atoms with Crippen LogP contribution >= 0.6 is 11.6 Å². The maximum absolute atomic E-state index is 13.6. The van der Waals surface area contributed by atoms with E-state index in [1.54, 1.807) is 0 Å². The minimum Gasteiger partial charge on any atom is -0.491 e.